The van der Waals surface area contributed by atoms with E-state index in [2.05, 4.69) is 30.0 Å². The molecule has 1 aliphatic rings. The molecule has 1 saturated heterocycles. The van der Waals surface area contributed by atoms with Gasteiger partial charge in [0.25, 0.3) is 5.56 Å². The Kier molecular flexibility index (Phi) is 10.1. The molecule has 0 aromatic carbocycles. The molecule has 8 atom stereocenters. The van der Waals surface area contributed by atoms with Crippen molar-refractivity contribution in [2.75, 3.05) is 24.7 Å². The number of ether oxygens (including phenoxy) is 1. The Bertz CT molecular complexity index is 1590. The molecule has 4 rings (SSSR count). The van der Waals surface area contributed by atoms with Gasteiger partial charge in [0.2, 0.25) is 5.95 Å². The van der Waals surface area contributed by atoms with Crippen LogP contribution in [0.25, 0.3) is 11.2 Å². The van der Waals surface area contributed by atoms with E-state index in [0.717, 1.165) is 0 Å². The molecule has 9 N–H and O–H groups in total. The van der Waals surface area contributed by atoms with Gasteiger partial charge in [-0.1, -0.05) is 0 Å². The number of fused-ring (bicyclic) bond motifs is 1. The molecule has 0 aliphatic carbocycles. The average molecular weight is 652 g/mol. The zero-order valence-electron chi connectivity index (χ0n) is 22.1. The Morgan fingerprint density at radius 3 is 2.81 bits per heavy atom. The number of H-pyrrole nitrogens is 1. The van der Waals surface area contributed by atoms with Crippen LogP contribution in [0, 0.1) is 0 Å². The SMILES string of the molecule is CC(N=c1c(N)ncnn1C)[C@H](O[P+](=O)O)[C@H](O)COP(O)(=S)O[C@@H]1C[C@@H](CO)O[C@H]1n1cnc2c(=O)[nH]c(N)nc21. The number of nitrogens with two attached hydrogens (primary N) is 2. The van der Waals surface area contributed by atoms with Gasteiger partial charge in [-0.3, -0.25) is 19.3 Å². The number of nitrogen functional groups attached to an aromatic ring is 2. The van der Waals surface area contributed by atoms with Gasteiger partial charge in [0.05, 0.1) is 31.7 Å². The summed E-state index contributed by atoms with van der Waals surface area (Å²) in [6, 6.07) is -0.984. The normalized spacial score (nSPS) is 23.5. The van der Waals surface area contributed by atoms with E-state index in [9.17, 15) is 29.4 Å². The number of imidazole rings is 1. The summed E-state index contributed by atoms with van der Waals surface area (Å²) in [5.41, 5.74) is 11.0. The Labute approximate surface area is 242 Å². The number of hydrogen-bond donors (Lipinski definition) is 7. The van der Waals surface area contributed by atoms with Gasteiger partial charge in [-0.25, -0.2) is 14.6 Å². The Balaban J connectivity index is 1.50. The van der Waals surface area contributed by atoms with Crippen molar-refractivity contribution in [2.24, 2.45) is 12.0 Å². The molecule has 4 heterocycles. The van der Waals surface area contributed by atoms with Crippen molar-refractivity contribution in [3.05, 3.63) is 28.5 Å². The van der Waals surface area contributed by atoms with Crippen molar-refractivity contribution in [1.82, 2.24) is 34.3 Å². The fraction of sp³-hybridized carbons (Fsp3) is 0.579. The highest BCUT2D eigenvalue weighted by atomic mass is 32.5. The molecule has 0 amide bonds. The molecule has 3 aromatic heterocycles. The molecular formula is C19H29N10O10P2S+. The van der Waals surface area contributed by atoms with E-state index in [0.29, 0.717) is 0 Å². The van der Waals surface area contributed by atoms with Crippen LogP contribution < -0.4 is 22.5 Å². The fourth-order valence-corrected chi connectivity index (χ4v) is 6.19. The molecule has 0 bridgehead atoms. The van der Waals surface area contributed by atoms with Crippen LogP contribution in [0.5, 0.6) is 0 Å². The number of rotatable bonds is 12. The summed E-state index contributed by atoms with van der Waals surface area (Å²) in [5.74, 6) is -0.161. The Hall–Kier alpha value is -2.81. The smallest absolute Gasteiger partial charge is 0.394 e. The molecule has 3 unspecified atom stereocenters. The van der Waals surface area contributed by atoms with Gasteiger partial charge in [0.1, 0.15) is 18.5 Å². The fourth-order valence-electron chi connectivity index (χ4n) is 4.21. The number of nitrogens with zero attached hydrogens (tertiary/aromatic N) is 7. The van der Waals surface area contributed by atoms with Crippen LogP contribution in [-0.4, -0.2) is 98.0 Å². The van der Waals surface area contributed by atoms with Gasteiger partial charge < -0.3 is 40.4 Å². The van der Waals surface area contributed by atoms with Gasteiger partial charge in [0.15, 0.2) is 34.8 Å². The zero-order valence-corrected chi connectivity index (χ0v) is 24.7. The highest BCUT2D eigenvalue weighted by Gasteiger charge is 2.42. The third kappa shape index (κ3) is 7.39. The van der Waals surface area contributed by atoms with Gasteiger partial charge >= 0.3 is 15.0 Å². The van der Waals surface area contributed by atoms with E-state index in [4.69, 9.17) is 41.6 Å². The maximum absolute atomic E-state index is 12.2. The number of anilines is 2. The number of aryl methyl sites for hydroxylation is 1. The molecule has 1 fully saturated rings. The summed E-state index contributed by atoms with van der Waals surface area (Å²) < 4.78 is 36.0. The summed E-state index contributed by atoms with van der Waals surface area (Å²) in [4.78, 5) is 50.9. The molecule has 1 aliphatic heterocycles. The van der Waals surface area contributed by atoms with Crippen molar-refractivity contribution in [3.8, 4) is 0 Å². The summed E-state index contributed by atoms with van der Waals surface area (Å²) in [6.45, 7) is -3.76. The van der Waals surface area contributed by atoms with E-state index < -0.39 is 70.4 Å². The first-order valence-corrected chi connectivity index (χ1v) is 15.8. The second-order valence-corrected chi connectivity index (χ2v) is 12.6. The second-order valence-electron chi connectivity index (χ2n) is 9.09. The topological polar surface area (TPSA) is 294 Å². The minimum Gasteiger partial charge on any atom is -0.394 e. The molecule has 0 radical (unpaired) electrons. The molecule has 42 heavy (non-hydrogen) atoms. The van der Waals surface area contributed by atoms with Crippen LogP contribution >= 0.6 is 15.0 Å². The van der Waals surface area contributed by atoms with Gasteiger partial charge in [-0.2, -0.15) is 10.1 Å². The van der Waals surface area contributed by atoms with Crippen molar-refractivity contribution < 1.29 is 42.9 Å². The minimum absolute atomic E-state index is 0.0131. The van der Waals surface area contributed by atoms with E-state index >= 15 is 0 Å². The molecular weight excluding hydrogens is 622 g/mol. The van der Waals surface area contributed by atoms with Gasteiger partial charge in [0, 0.05) is 18.0 Å². The van der Waals surface area contributed by atoms with Crippen LogP contribution in [0.3, 0.4) is 0 Å². The third-order valence-corrected chi connectivity index (χ3v) is 8.11. The predicted molar refractivity (Wildman–Crippen MR) is 147 cm³/mol. The lowest BCUT2D eigenvalue weighted by molar-refractivity contribution is -0.0491. The summed E-state index contributed by atoms with van der Waals surface area (Å²) in [6.07, 6.45) is -3.38. The van der Waals surface area contributed by atoms with Gasteiger partial charge in [-0.15, -0.1) is 9.42 Å². The van der Waals surface area contributed by atoms with Crippen molar-refractivity contribution in [1.29, 1.82) is 0 Å². The van der Waals surface area contributed by atoms with Crippen LogP contribution in [-0.2, 0) is 41.7 Å². The first-order valence-electron chi connectivity index (χ1n) is 12.1. The Morgan fingerprint density at radius 1 is 1.40 bits per heavy atom. The zero-order chi connectivity index (χ0) is 30.8. The molecule has 3 aromatic rings. The Morgan fingerprint density at radius 2 is 2.14 bits per heavy atom. The maximum atomic E-state index is 12.2. The first-order chi connectivity index (χ1) is 19.8. The van der Waals surface area contributed by atoms with Crippen molar-refractivity contribution in [2.45, 2.75) is 50.0 Å². The third-order valence-electron chi connectivity index (χ3n) is 6.10. The largest absolute Gasteiger partial charge is 0.695 e. The molecule has 23 heteroatoms. The predicted octanol–water partition coefficient (Wildman–Crippen LogP) is -2.30. The number of hydrogen-bond acceptors (Lipinski definition) is 16. The van der Waals surface area contributed by atoms with Crippen LogP contribution in [0.15, 0.2) is 22.4 Å². The first kappa shape index (κ1) is 32.1. The maximum Gasteiger partial charge on any atom is 0.695 e. The standard InChI is InChI=1S/C19H28N10O10P2S/c1-8(25-16-14(20)22-6-24-28(16)2)13(38-40(33)34)10(31)5-36-41(35,42)39-11-3-9(4-30)37-18(11)29-7-23-12-15(29)26-19(21)27-17(12)32/h6-11,13,18,30-31H,3-5H2,1-2H3,(H6-,20,21,22,24,26,27,32,33,34,35,42)/p+1/t8?,9-,10+,11+,13-,18+,41?/m0/s1. The molecule has 0 saturated carbocycles. The number of nitrogens with one attached hydrogen (secondary N) is 1. The van der Waals surface area contributed by atoms with E-state index in [1.807, 2.05) is 0 Å². The minimum atomic E-state index is -4.14. The lowest BCUT2D eigenvalue weighted by Crippen LogP contribution is -2.40. The van der Waals surface area contributed by atoms with Crippen LogP contribution in [0.4, 0.5) is 11.8 Å². The lowest BCUT2D eigenvalue weighted by Gasteiger charge is -2.26. The monoisotopic (exact) mass is 651 g/mol. The van der Waals surface area contributed by atoms with Crippen LogP contribution in [0.1, 0.15) is 19.6 Å². The van der Waals surface area contributed by atoms with Crippen molar-refractivity contribution in [3.63, 3.8) is 0 Å². The van der Waals surface area contributed by atoms with E-state index in [1.54, 1.807) is 7.05 Å². The molecule has 20 nitrogen and oxygen atoms in total. The van der Waals surface area contributed by atoms with Crippen molar-refractivity contribution >= 4 is 49.7 Å². The second kappa shape index (κ2) is 13.2. The summed E-state index contributed by atoms with van der Waals surface area (Å²) >= 11 is 5.14. The van der Waals surface area contributed by atoms with Crippen LogP contribution in [0.2, 0.25) is 0 Å². The van der Waals surface area contributed by atoms with Gasteiger partial charge in [-0.05, 0) is 18.7 Å². The number of aliphatic hydroxyl groups is 2. The summed E-state index contributed by atoms with van der Waals surface area (Å²) in [7, 11) is -1.65. The summed E-state index contributed by atoms with van der Waals surface area (Å²) in [5, 5.41) is 24.4. The van der Waals surface area contributed by atoms with E-state index in [1.165, 1.54) is 28.8 Å². The highest BCUT2D eigenvalue weighted by molar-refractivity contribution is 8.07. The number of aromatic amines is 1. The highest BCUT2D eigenvalue weighted by Crippen LogP contribution is 2.49. The molecule has 0 spiro atoms. The average Bonchev–Trinajstić information content (AvgIpc) is 3.51. The number of aliphatic hydroxyl groups excluding tert-OH is 2. The molecule has 230 valence electrons. The van der Waals surface area contributed by atoms with E-state index in [-0.39, 0.29) is 34.8 Å². The quantitative estimate of drug-likeness (QED) is 0.101. The number of aromatic nitrogens is 7. The lowest BCUT2D eigenvalue weighted by atomic mass is 10.1.